The fraction of sp³-hybridized carbons (Fsp3) is 0.500. The fourth-order valence-electron chi connectivity index (χ4n) is 1.53. The van der Waals surface area contributed by atoms with E-state index in [1.54, 1.807) is 25.2 Å². The molecule has 4 nitrogen and oxygen atoms in total. The van der Waals surface area contributed by atoms with Gasteiger partial charge < -0.3 is 20.3 Å². The van der Waals surface area contributed by atoms with Crippen molar-refractivity contribution in [3.63, 3.8) is 0 Å². The van der Waals surface area contributed by atoms with E-state index in [1.165, 1.54) is 7.11 Å². The standard InChI is InChI=1S/C12H18ClNO3/c1-14-6-5-10(15)12(16)8-3-4-9(13)11(7-8)17-2/h3-4,7,10,12,14-16H,5-6H2,1-2H3. The van der Waals surface area contributed by atoms with Crippen LogP contribution in [0.15, 0.2) is 18.2 Å². The molecule has 0 fully saturated rings. The van der Waals surface area contributed by atoms with Crippen LogP contribution in [-0.4, -0.2) is 37.0 Å². The molecule has 2 unspecified atom stereocenters. The average Bonchev–Trinajstić information content (AvgIpc) is 2.35. The molecule has 96 valence electrons. The highest BCUT2D eigenvalue weighted by Gasteiger charge is 2.18. The Morgan fingerprint density at radius 1 is 1.41 bits per heavy atom. The van der Waals surface area contributed by atoms with Gasteiger partial charge in [-0.1, -0.05) is 17.7 Å². The van der Waals surface area contributed by atoms with E-state index in [1.807, 2.05) is 0 Å². The van der Waals surface area contributed by atoms with Crippen LogP contribution in [0.1, 0.15) is 18.1 Å². The Labute approximate surface area is 106 Å². The summed E-state index contributed by atoms with van der Waals surface area (Å²) >= 11 is 5.89. The van der Waals surface area contributed by atoms with Crippen LogP contribution in [0.4, 0.5) is 0 Å². The van der Waals surface area contributed by atoms with Gasteiger partial charge in [0.25, 0.3) is 0 Å². The zero-order valence-electron chi connectivity index (χ0n) is 9.98. The van der Waals surface area contributed by atoms with Gasteiger partial charge in [0, 0.05) is 0 Å². The number of nitrogens with one attached hydrogen (secondary N) is 1. The second-order valence-electron chi connectivity index (χ2n) is 3.80. The minimum absolute atomic E-state index is 0.475. The summed E-state index contributed by atoms with van der Waals surface area (Å²) in [6.07, 6.45) is -1.27. The number of aliphatic hydroxyl groups is 2. The summed E-state index contributed by atoms with van der Waals surface area (Å²) in [5, 5.41) is 23.1. The molecule has 0 aromatic heterocycles. The Hall–Kier alpha value is -0.810. The van der Waals surface area contributed by atoms with E-state index in [2.05, 4.69) is 5.32 Å². The summed E-state index contributed by atoms with van der Waals surface area (Å²) in [5.41, 5.74) is 0.592. The number of hydrogen-bond donors (Lipinski definition) is 3. The molecule has 0 aliphatic heterocycles. The van der Waals surface area contributed by atoms with Crippen LogP contribution in [0, 0.1) is 0 Å². The lowest BCUT2D eigenvalue weighted by atomic mass is 10.0. The molecule has 1 aromatic carbocycles. The summed E-state index contributed by atoms with van der Waals surface area (Å²) in [6.45, 7) is 0.642. The summed E-state index contributed by atoms with van der Waals surface area (Å²) in [6, 6.07) is 4.96. The van der Waals surface area contributed by atoms with Crippen molar-refractivity contribution in [1.82, 2.24) is 5.32 Å². The Morgan fingerprint density at radius 2 is 2.12 bits per heavy atom. The zero-order valence-corrected chi connectivity index (χ0v) is 10.7. The highest BCUT2D eigenvalue weighted by Crippen LogP contribution is 2.29. The fourth-order valence-corrected chi connectivity index (χ4v) is 1.73. The van der Waals surface area contributed by atoms with Gasteiger partial charge in [0.1, 0.15) is 11.9 Å². The van der Waals surface area contributed by atoms with Crippen molar-refractivity contribution >= 4 is 11.6 Å². The number of methoxy groups -OCH3 is 1. The van der Waals surface area contributed by atoms with Crippen LogP contribution >= 0.6 is 11.6 Å². The van der Waals surface area contributed by atoms with E-state index in [-0.39, 0.29) is 0 Å². The third-order valence-corrected chi connectivity index (χ3v) is 2.88. The highest BCUT2D eigenvalue weighted by atomic mass is 35.5. The predicted molar refractivity (Wildman–Crippen MR) is 67.5 cm³/mol. The van der Waals surface area contributed by atoms with Crippen molar-refractivity contribution in [3.8, 4) is 5.75 Å². The summed E-state index contributed by atoms with van der Waals surface area (Å²) in [4.78, 5) is 0. The molecule has 0 spiro atoms. The molecule has 17 heavy (non-hydrogen) atoms. The van der Waals surface area contributed by atoms with E-state index in [4.69, 9.17) is 16.3 Å². The maximum Gasteiger partial charge on any atom is 0.137 e. The van der Waals surface area contributed by atoms with Gasteiger partial charge in [0.15, 0.2) is 0 Å². The molecule has 0 bridgehead atoms. The van der Waals surface area contributed by atoms with E-state index in [0.717, 1.165) is 0 Å². The molecule has 0 heterocycles. The third kappa shape index (κ3) is 3.85. The van der Waals surface area contributed by atoms with Crippen molar-refractivity contribution in [1.29, 1.82) is 0 Å². The average molecular weight is 260 g/mol. The summed E-state index contributed by atoms with van der Waals surface area (Å²) in [7, 11) is 3.30. The molecule has 0 aliphatic rings. The second kappa shape index (κ2) is 6.81. The molecule has 1 rings (SSSR count). The Morgan fingerprint density at radius 3 is 2.71 bits per heavy atom. The number of halogens is 1. The van der Waals surface area contributed by atoms with E-state index >= 15 is 0 Å². The van der Waals surface area contributed by atoms with Crippen LogP contribution in [0.5, 0.6) is 5.75 Å². The van der Waals surface area contributed by atoms with E-state index < -0.39 is 12.2 Å². The van der Waals surface area contributed by atoms with Gasteiger partial charge >= 0.3 is 0 Å². The van der Waals surface area contributed by atoms with Gasteiger partial charge in [-0.05, 0) is 37.7 Å². The first-order valence-corrected chi connectivity index (χ1v) is 5.82. The van der Waals surface area contributed by atoms with Gasteiger partial charge in [-0.25, -0.2) is 0 Å². The summed E-state index contributed by atoms with van der Waals surface area (Å²) in [5.74, 6) is 0.490. The molecule has 0 saturated carbocycles. The molecule has 1 aromatic rings. The minimum Gasteiger partial charge on any atom is -0.495 e. The quantitative estimate of drug-likeness (QED) is 0.722. The first kappa shape index (κ1) is 14.3. The van der Waals surface area contributed by atoms with Gasteiger partial charge in [-0.15, -0.1) is 0 Å². The third-order valence-electron chi connectivity index (χ3n) is 2.57. The van der Waals surface area contributed by atoms with Crippen LogP contribution in [0.3, 0.4) is 0 Å². The Bertz CT molecular complexity index is 360. The van der Waals surface area contributed by atoms with Crippen molar-refractivity contribution in [2.75, 3.05) is 20.7 Å². The van der Waals surface area contributed by atoms with E-state index in [9.17, 15) is 10.2 Å². The number of hydrogen-bond acceptors (Lipinski definition) is 4. The van der Waals surface area contributed by atoms with Crippen LogP contribution in [0.25, 0.3) is 0 Å². The van der Waals surface area contributed by atoms with Crippen LogP contribution < -0.4 is 10.1 Å². The lowest BCUT2D eigenvalue weighted by Crippen LogP contribution is -2.23. The van der Waals surface area contributed by atoms with Crippen molar-refractivity contribution in [2.24, 2.45) is 0 Å². The Kier molecular flexibility index (Phi) is 5.71. The van der Waals surface area contributed by atoms with Crippen LogP contribution in [0.2, 0.25) is 5.02 Å². The lowest BCUT2D eigenvalue weighted by molar-refractivity contribution is 0.0139. The zero-order chi connectivity index (χ0) is 12.8. The van der Waals surface area contributed by atoms with Crippen molar-refractivity contribution < 1.29 is 14.9 Å². The van der Waals surface area contributed by atoms with Crippen LogP contribution in [-0.2, 0) is 0 Å². The van der Waals surface area contributed by atoms with Gasteiger partial charge in [-0.2, -0.15) is 0 Å². The van der Waals surface area contributed by atoms with Gasteiger partial charge in [0.2, 0.25) is 0 Å². The molecule has 5 heteroatoms. The monoisotopic (exact) mass is 259 g/mol. The molecular weight excluding hydrogens is 242 g/mol. The normalized spacial score (nSPS) is 14.4. The highest BCUT2D eigenvalue weighted by molar-refractivity contribution is 6.32. The molecule has 2 atom stereocenters. The van der Waals surface area contributed by atoms with Crippen molar-refractivity contribution in [3.05, 3.63) is 28.8 Å². The second-order valence-corrected chi connectivity index (χ2v) is 4.21. The topological polar surface area (TPSA) is 61.7 Å². The SMILES string of the molecule is CNCCC(O)C(O)c1ccc(Cl)c(OC)c1. The number of aliphatic hydroxyl groups excluding tert-OH is 2. The summed E-state index contributed by atoms with van der Waals surface area (Å²) < 4.78 is 5.06. The number of benzene rings is 1. The predicted octanol–water partition coefficient (Wildman–Crippen LogP) is 1.35. The first-order valence-electron chi connectivity index (χ1n) is 5.44. The van der Waals surface area contributed by atoms with Gasteiger partial charge in [0.05, 0.1) is 18.2 Å². The molecule has 0 radical (unpaired) electrons. The number of rotatable bonds is 6. The molecule has 3 N–H and O–H groups in total. The minimum atomic E-state index is -0.936. The largest absolute Gasteiger partial charge is 0.495 e. The maximum atomic E-state index is 9.95. The maximum absolute atomic E-state index is 9.95. The smallest absolute Gasteiger partial charge is 0.137 e. The molecule has 0 saturated heterocycles. The molecular formula is C12H18ClNO3. The first-order chi connectivity index (χ1) is 8.10. The van der Waals surface area contributed by atoms with Crippen molar-refractivity contribution in [2.45, 2.75) is 18.6 Å². The lowest BCUT2D eigenvalue weighted by Gasteiger charge is -2.18. The molecule has 0 aliphatic carbocycles. The Balaban J connectivity index is 2.77. The van der Waals surface area contributed by atoms with E-state index in [0.29, 0.717) is 29.3 Å². The molecule has 0 amide bonds. The van der Waals surface area contributed by atoms with Gasteiger partial charge in [-0.3, -0.25) is 0 Å². The number of ether oxygens (including phenoxy) is 1.